The molecular formula is C16H15ClO. The van der Waals surface area contributed by atoms with Gasteiger partial charge in [0.25, 0.3) is 0 Å². The van der Waals surface area contributed by atoms with Crippen molar-refractivity contribution in [3.63, 3.8) is 0 Å². The monoisotopic (exact) mass is 258 g/mol. The molecule has 0 bridgehead atoms. The topological polar surface area (TPSA) is 20.2 Å². The molecule has 2 aromatic rings. The summed E-state index contributed by atoms with van der Waals surface area (Å²) in [6.07, 6.45) is 2.93. The van der Waals surface area contributed by atoms with Crippen molar-refractivity contribution in [2.45, 2.75) is 6.42 Å². The number of hydrogen-bond donors (Lipinski definition) is 1. The van der Waals surface area contributed by atoms with Crippen LogP contribution in [-0.2, 0) is 0 Å². The van der Waals surface area contributed by atoms with Crippen molar-refractivity contribution in [2.75, 3.05) is 5.88 Å². The van der Waals surface area contributed by atoms with Crippen LogP contribution in [0.5, 0.6) is 5.75 Å². The Morgan fingerprint density at radius 1 is 1.00 bits per heavy atom. The highest BCUT2D eigenvalue weighted by atomic mass is 35.5. The summed E-state index contributed by atoms with van der Waals surface area (Å²) in [7, 11) is 0. The van der Waals surface area contributed by atoms with Gasteiger partial charge in [-0.15, -0.1) is 11.6 Å². The van der Waals surface area contributed by atoms with E-state index in [1.807, 2.05) is 30.3 Å². The van der Waals surface area contributed by atoms with E-state index in [1.165, 1.54) is 11.1 Å². The molecule has 18 heavy (non-hydrogen) atoms. The molecule has 0 unspecified atom stereocenters. The Hall–Kier alpha value is -1.73. The molecule has 0 atom stereocenters. The number of phenolic OH excluding ortho intramolecular Hbond substituents is 1. The molecule has 0 spiro atoms. The van der Waals surface area contributed by atoms with Crippen LogP contribution < -0.4 is 0 Å². The van der Waals surface area contributed by atoms with Gasteiger partial charge >= 0.3 is 0 Å². The largest absolute Gasteiger partial charge is 0.508 e. The average molecular weight is 259 g/mol. The molecule has 1 nitrogen and oxygen atoms in total. The Balaban J connectivity index is 2.33. The molecule has 0 radical (unpaired) electrons. The first-order chi connectivity index (χ1) is 8.79. The smallest absolute Gasteiger partial charge is 0.115 e. The maximum absolute atomic E-state index is 9.27. The third-order valence-corrected chi connectivity index (χ3v) is 2.93. The van der Waals surface area contributed by atoms with Gasteiger partial charge in [-0.1, -0.05) is 48.5 Å². The van der Waals surface area contributed by atoms with Crippen LogP contribution >= 0.6 is 11.6 Å². The van der Waals surface area contributed by atoms with Gasteiger partial charge in [0.2, 0.25) is 0 Å². The van der Waals surface area contributed by atoms with E-state index in [0.29, 0.717) is 5.88 Å². The van der Waals surface area contributed by atoms with Crippen LogP contribution in [0.2, 0.25) is 0 Å². The van der Waals surface area contributed by atoms with Gasteiger partial charge in [-0.25, -0.2) is 0 Å². The number of allylic oxidation sites excluding steroid dienone is 1. The van der Waals surface area contributed by atoms with Gasteiger partial charge in [-0.05, 0) is 35.3 Å². The molecule has 0 aliphatic rings. The lowest BCUT2D eigenvalue weighted by molar-refractivity contribution is 0.475. The summed E-state index contributed by atoms with van der Waals surface area (Å²) >= 11 is 5.86. The van der Waals surface area contributed by atoms with Crippen LogP contribution in [0.3, 0.4) is 0 Å². The van der Waals surface area contributed by atoms with E-state index in [-0.39, 0.29) is 5.75 Å². The molecule has 0 aromatic heterocycles. The number of rotatable bonds is 4. The molecule has 0 aliphatic heterocycles. The van der Waals surface area contributed by atoms with E-state index in [9.17, 15) is 5.11 Å². The van der Waals surface area contributed by atoms with E-state index in [2.05, 4.69) is 18.2 Å². The van der Waals surface area contributed by atoms with E-state index >= 15 is 0 Å². The lowest BCUT2D eigenvalue weighted by atomic mass is 10.0. The summed E-state index contributed by atoms with van der Waals surface area (Å²) in [5.74, 6) is 0.879. The van der Waals surface area contributed by atoms with E-state index in [0.717, 1.165) is 12.0 Å². The van der Waals surface area contributed by atoms with Gasteiger partial charge in [-0.3, -0.25) is 0 Å². The van der Waals surface area contributed by atoms with Crippen LogP contribution in [0.25, 0.3) is 11.6 Å². The lowest BCUT2D eigenvalue weighted by Gasteiger charge is -2.06. The zero-order valence-electron chi connectivity index (χ0n) is 10.0. The molecular weight excluding hydrogens is 244 g/mol. The minimum absolute atomic E-state index is 0.283. The van der Waals surface area contributed by atoms with Crippen LogP contribution in [0.4, 0.5) is 0 Å². The standard InChI is InChI=1S/C16H15ClO/c17-11-10-15(14-4-2-1-3-5-14)12-13-6-8-16(18)9-7-13/h1-9,12,18H,10-11H2. The normalized spacial score (nSPS) is 11.5. The molecule has 2 rings (SSSR count). The molecule has 0 heterocycles. The van der Waals surface area contributed by atoms with Crippen molar-refractivity contribution in [2.24, 2.45) is 0 Å². The molecule has 2 heteroatoms. The average Bonchev–Trinajstić information content (AvgIpc) is 2.42. The van der Waals surface area contributed by atoms with Crippen molar-refractivity contribution < 1.29 is 5.11 Å². The van der Waals surface area contributed by atoms with Gasteiger partial charge in [0.05, 0.1) is 0 Å². The fourth-order valence-electron chi connectivity index (χ4n) is 1.83. The number of alkyl halides is 1. The van der Waals surface area contributed by atoms with Crippen molar-refractivity contribution in [3.05, 3.63) is 65.7 Å². The highest BCUT2D eigenvalue weighted by molar-refractivity contribution is 6.18. The summed E-state index contributed by atoms with van der Waals surface area (Å²) in [6, 6.07) is 17.4. The zero-order chi connectivity index (χ0) is 12.8. The van der Waals surface area contributed by atoms with Gasteiger partial charge < -0.3 is 5.11 Å². The quantitative estimate of drug-likeness (QED) is 0.630. The molecule has 0 fully saturated rings. The van der Waals surface area contributed by atoms with Crippen LogP contribution in [0.1, 0.15) is 17.5 Å². The van der Waals surface area contributed by atoms with Gasteiger partial charge in [0.15, 0.2) is 0 Å². The lowest BCUT2D eigenvalue weighted by Crippen LogP contribution is -1.86. The maximum atomic E-state index is 9.27. The predicted molar refractivity (Wildman–Crippen MR) is 77.8 cm³/mol. The minimum atomic E-state index is 0.283. The summed E-state index contributed by atoms with van der Waals surface area (Å²) in [5, 5.41) is 9.27. The fraction of sp³-hybridized carbons (Fsp3) is 0.125. The number of benzene rings is 2. The molecule has 0 amide bonds. The van der Waals surface area contributed by atoms with Crippen LogP contribution in [0, 0.1) is 0 Å². The van der Waals surface area contributed by atoms with Crippen LogP contribution in [0.15, 0.2) is 54.6 Å². The first kappa shape index (κ1) is 12.7. The summed E-state index contributed by atoms with van der Waals surface area (Å²) < 4.78 is 0. The number of halogens is 1. The van der Waals surface area contributed by atoms with Gasteiger partial charge in [-0.2, -0.15) is 0 Å². The van der Waals surface area contributed by atoms with Crippen molar-refractivity contribution >= 4 is 23.3 Å². The number of hydrogen-bond acceptors (Lipinski definition) is 1. The second-order valence-corrected chi connectivity index (χ2v) is 4.44. The SMILES string of the molecule is Oc1ccc(C=C(CCCl)c2ccccc2)cc1. The Labute approximate surface area is 112 Å². The molecule has 1 N–H and O–H groups in total. The molecule has 0 aliphatic carbocycles. The Kier molecular flexibility index (Phi) is 4.43. The van der Waals surface area contributed by atoms with E-state index in [1.54, 1.807) is 12.1 Å². The van der Waals surface area contributed by atoms with Crippen LogP contribution in [-0.4, -0.2) is 11.0 Å². The highest BCUT2D eigenvalue weighted by Gasteiger charge is 2.01. The van der Waals surface area contributed by atoms with Gasteiger partial charge in [0.1, 0.15) is 5.75 Å². The third-order valence-electron chi connectivity index (χ3n) is 2.74. The minimum Gasteiger partial charge on any atom is -0.508 e. The second kappa shape index (κ2) is 6.27. The molecule has 2 aromatic carbocycles. The first-order valence-corrected chi connectivity index (χ1v) is 6.44. The highest BCUT2D eigenvalue weighted by Crippen LogP contribution is 2.22. The predicted octanol–water partition coefficient (Wildman–Crippen LogP) is 4.56. The Morgan fingerprint density at radius 2 is 1.67 bits per heavy atom. The van der Waals surface area contributed by atoms with Crippen molar-refractivity contribution in [3.8, 4) is 5.75 Å². The molecule has 0 saturated heterocycles. The summed E-state index contributed by atoms with van der Waals surface area (Å²) in [6.45, 7) is 0. The molecule has 0 saturated carbocycles. The second-order valence-electron chi connectivity index (χ2n) is 4.07. The van der Waals surface area contributed by atoms with E-state index in [4.69, 9.17) is 11.6 Å². The number of aromatic hydroxyl groups is 1. The Bertz CT molecular complexity index is 515. The fourth-order valence-corrected chi connectivity index (χ4v) is 2.03. The summed E-state index contributed by atoms with van der Waals surface area (Å²) in [5.41, 5.74) is 3.46. The van der Waals surface area contributed by atoms with E-state index < -0.39 is 0 Å². The first-order valence-electron chi connectivity index (χ1n) is 5.90. The van der Waals surface area contributed by atoms with Crippen molar-refractivity contribution in [1.82, 2.24) is 0 Å². The van der Waals surface area contributed by atoms with Crippen molar-refractivity contribution in [1.29, 1.82) is 0 Å². The zero-order valence-corrected chi connectivity index (χ0v) is 10.8. The Morgan fingerprint density at radius 3 is 2.28 bits per heavy atom. The van der Waals surface area contributed by atoms with Gasteiger partial charge in [0, 0.05) is 5.88 Å². The third kappa shape index (κ3) is 3.38. The molecule has 92 valence electrons. The summed E-state index contributed by atoms with van der Waals surface area (Å²) in [4.78, 5) is 0. The number of phenols is 1. The maximum Gasteiger partial charge on any atom is 0.115 e.